The molecule has 0 radical (unpaired) electrons. The second kappa shape index (κ2) is 7.13. The number of carboxylic acid groups (broad SMARTS) is 1. The van der Waals surface area contributed by atoms with E-state index in [0.717, 1.165) is 36.0 Å². The Morgan fingerprint density at radius 2 is 1.76 bits per heavy atom. The van der Waals surface area contributed by atoms with Crippen molar-refractivity contribution in [3.63, 3.8) is 0 Å². The fraction of sp³-hybridized carbons (Fsp3) is 0.400. The number of nitrogens with one attached hydrogen (secondary N) is 1. The molecule has 0 amide bonds. The smallest absolute Gasteiger partial charge is 0.313 e. The van der Waals surface area contributed by atoms with Gasteiger partial charge in [-0.3, -0.25) is 4.79 Å². The minimum atomic E-state index is -0.898. The highest BCUT2D eigenvalue weighted by atomic mass is 16.4. The van der Waals surface area contributed by atoms with Gasteiger partial charge in [0.1, 0.15) is 11.6 Å². The van der Waals surface area contributed by atoms with Gasteiger partial charge in [0.2, 0.25) is 0 Å². The largest absolute Gasteiger partial charge is 0.481 e. The number of anilines is 3. The summed E-state index contributed by atoms with van der Waals surface area (Å²) in [6.07, 6.45) is 3.74. The lowest BCUT2D eigenvalue weighted by atomic mass is 9.85. The molecule has 3 rings (SSSR count). The molecule has 25 heavy (non-hydrogen) atoms. The predicted octanol–water partition coefficient (Wildman–Crippen LogP) is 4.18. The number of aliphatic carboxylic acids is 1. The predicted molar refractivity (Wildman–Crippen MR) is 101 cm³/mol. The molecule has 0 aliphatic carbocycles. The summed E-state index contributed by atoms with van der Waals surface area (Å²) in [6, 6.07) is 13.5. The van der Waals surface area contributed by atoms with Crippen molar-refractivity contribution >= 4 is 23.3 Å². The van der Waals surface area contributed by atoms with Crippen molar-refractivity contribution < 1.29 is 9.90 Å². The summed E-state index contributed by atoms with van der Waals surface area (Å²) in [5, 5.41) is 12.6. The van der Waals surface area contributed by atoms with E-state index in [9.17, 15) is 9.90 Å². The highest BCUT2D eigenvalue weighted by Crippen LogP contribution is 2.26. The molecule has 2 N–H and O–H groups in total. The van der Waals surface area contributed by atoms with E-state index in [1.165, 1.54) is 19.3 Å². The first-order chi connectivity index (χ1) is 12.0. The quantitative estimate of drug-likeness (QED) is 0.855. The summed E-state index contributed by atoms with van der Waals surface area (Å²) in [6.45, 7) is 5.55. The van der Waals surface area contributed by atoms with Gasteiger partial charge < -0.3 is 15.3 Å². The monoisotopic (exact) mass is 339 g/mol. The molecule has 0 spiro atoms. The van der Waals surface area contributed by atoms with Crippen molar-refractivity contribution in [1.29, 1.82) is 0 Å². The lowest BCUT2D eigenvalue weighted by Gasteiger charge is -2.28. The van der Waals surface area contributed by atoms with Crippen LogP contribution in [0.4, 0.5) is 17.3 Å². The molecule has 0 bridgehead atoms. The van der Waals surface area contributed by atoms with Crippen molar-refractivity contribution in [1.82, 2.24) is 4.98 Å². The van der Waals surface area contributed by atoms with Gasteiger partial charge in [-0.15, -0.1) is 0 Å². The van der Waals surface area contributed by atoms with Crippen LogP contribution < -0.4 is 10.2 Å². The molecule has 132 valence electrons. The number of aromatic nitrogens is 1. The van der Waals surface area contributed by atoms with Gasteiger partial charge in [0, 0.05) is 18.8 Å². The molecule has 1 aliphatic rings. The third-order valence-electron chi connectivity index (χ3n) is 4.83. The molecule has 0 atom stereocenters. The van der Waals surface area contributed by atoms with Crippen LogP contribution >= 0.6 is 0 Å². The number of hydrogen-bond acceptors (Lipinski definition) is 4. The van der Waals surface area contributed by atoms with Gasteiger partial charge in [-0.05, 0) is 62.9 Å². The summed E-state index contributed by atoms with van der Waals surface area (Å²) in [5.41, 5.74) is 0.777. The molecule has 1 aliphatic heterocycles. The van der Waals surface area contributed by atoms with Crippen molar-refractivity contribution in [2.24, 2.45) is 0 Å². The zero-order chi connectivity index (χ0) is 17.9. The molecule has 1 aromatic heterocycles. The number of hydrogen-bond donors (Lipinski definition) is 2. The van der Waals surface area contributed by atoms with Crippen molar-refractivity contribution in [3.05, 3.63) is 48.0 Å². The molecule has 1 fully saturated rings. The van der Waals surface area contributed by atoms with E-state index in [0.29, 0.717) is 0 Å². The summed E-state index contributed by atoms with van der Waals surface area (Å²) < 4.78 is 0. The van der Waals surface area contributed by atoms with Crippen molar-refractivity contribution in [2.45, 2.75) is 38.5 Å². The maximum absolute atomic E-state index is 11.4. The molecular formula is C20H25N3O2. The van der Waals surface area contributed by atoms with Crippen molar-refractivity contribution in [2.75, 3.05) is 23.3 Å². The average molecular weight is 339 g/mol. The van der Waals surface area contributed by atoms with Crippen molar-refractivity contribution in [3.8, 4) is 0 Å². The third kappa shape index (κ3) is 3.92. The Kier molecular flexibility index (Phi) is 4.93. The van der Waals surface area contributed by atoms with Crippen LogP contribution in [0.2, 0.25) is 0 Å². The fourth-order valence-corrected chi connectivity index (χ4v) is 3.03. The third-order valence-corrected chi connectivity index (χ3v) is 4.83. The zero-order valence-corrected chi connectivity index (χ0v) is 14.8. The number of benzene rings is 1. The van der Waals surface area contributed by atoms with Crippen LogP contribution in [0.15, 0.2) is 42.5 Å². The van der Waals surface area contributed by atoms with Crippen LogP contribution in [0.5, 0.6) is 0 Å². The molecule has 2 heterocycles. The Hall–Kier alpha value is -2.56. The minimum absolute atomic E-state index is 0.778. The molecule has 1 aromatic carbocycles. The molecule has 1 saturated heterocycles. The Morgan fingerprint density at radius 3 is 2.40 bits per heavy atom. The molecule has 0 saturated carbocycles. The van der Waals surface area contributed by atoms with Crippen LogP contribution in [0, 0.1) is 0 Å². The maximum atomic E-state index is 11.4. The first-order valence-electron chi connectivity index (χ1n) is 8.80. The maximum Gasteiger partial charge on any atom is 0.313 e. The van der Waals surface area contributed by atoms with E-state index in [1.54, 1.807) is 13.8 Å². The average Bonchev–Trinajstić information content (AvgIpc) is 2.63. The Labute approximate surface area is 148 Å². The fourth-order valence-electron chi connectivity index (χ4n) is 3.03. The molecule has 2 aromatic rings. The van der Waals surface area contributed by atoms with E-state index < -0.39 is 11.4 Å². The van der Waals surface area contributed by atoms with Gasteiger partial charge in [0.05, 0.1) is 5.41 Å². The van der Waals surface area contributed by atoms with Gasteiger partial charge in [-0.1, -0.05) is 18.2 Å². The Bertz CT molecular complexity index is 735. The molecule has 5 heteroatoms. The van der Waals surface area contributed by atoms with Gasteiger partial charge in [-0.25, -0.2) is 4.98 Å². The van der Waals surface area contributed by atoms with E-state index in [2.05, 4.69) is 16.3 Å². The normalized spacial score (nSPS) is 15.0. The summed E-state index contributed by atoms with van der Waals surface area (Å²) in [5.74, 6) is 0.978. The zero-order valence-electron chi connectivity index (χ0n) is 14.8. The summed E-state index contributed by atoms with van der Waals surface area (Å²) >= 11 is 0. The SMILES string of the molecule is CC(C)(C(=O)O)c1ccc(Nc2cccc(N3CCCCC3)n2)cc1. The van der Waals surface area contributed by atoms with Gasteiger partial charge in [0.15, 0.2) is 0 Å². The molecule has 0 unspecified atom stereocenters. The Balaban J connectivity index is 1.73. The first-order valence-corrected chi connectivity index (χ1v) is 8.80. The van der Waals surface area contributed by atoms with Gasteiger partial charge >= 0.3 is 5.97 Å². The number of nitrogens with zero attached hydrogens (tertiary/aromatic N) is 2. The minimum Gasteiger partial charge on any atom is -0.481 e. The van der Waals surface area contributed by atoms with Crippen LogP contribution in [-0.2, 0) is 10.2 Å². The van der Waals surface area contributed by atoms with E-state index in [4.69, 9.17) is 4.98 Å². The van der Waals surface area contributed by atoms with Crippen LogP contribution in [0.3, 0.4) is 0 Å². The number of rotatable bonds is 5. The first kappa shape index (κ1) is 17.3. The van der Waals surface area contributed by atoms with E-state index in [-0.39, 0.29) is 0 Å². The lowest BCUT2D eigenvalue weighted by molar-refractivity contribution is -0.142. The van der Waals surface area contributed by atoms with Crippen LogP contribution in [0.25, 0.3) is 0 Å². The number of carbonyl (C=O) groups is 1. The highest BCUT2D eigenvalue weighted by molar-refractivity contribution is 5.80. The number of carboxylic acids is 1. The van der Waals surface area contributed by atoms with Crippen LogP contribution in [-0.4, -0.2) is 29.1 Å². The number of piperidine rings is 1. The van der Waals surface area contributed by atoms with E-state index in [1.807, 2.05) is 36.4 Å². The molecular weight excluding hydrogens is 314 g/mol. The highest BCUT2D eigenvalue weighted by Gasteiger charge is 2.29. The second-order valence-corrected chi connectivity index (χ2v) is 7.06. The standard InChI is InChI=1S/C20H25N3O2/c1-20(2,19(24)25)15-9-11-16(12-10-15)21-17-7-6-8-18(22-17)23-13-4-3-5-14-23/h6-12H,3-5,13-14H2,1-2H3,(H,21,22)(H,24,25). The van der Waals surface area contributed by atoms with Gasteiger partial charge in [-0.2, -0.15) is 0 Å². The summed E-state index contributed by atoms with van der Waals surface area (Å²) in [7, 11) is 0. The molecule has 5 nitrogen and oxygen atoms in total. The summed E-state index contributed by atoms with van der Waals surface area (Å²) in [4.78, 5) is 18.4. The van der Waals surface area contributed by atoms with Crippen LogP contribution in [0.1, 0.15) is 38.7 Å². The number of pyridine rings is 1. The van der Waals surface area contributed by atoms with Gasteiger partial charge in [0.25, 0.3) is 0 Å². The Morgan fingerprint density at radius 1 is 1.08 bits per heavy atom. The second-order valence-electron chi connectivity index (χ2n) is 7.06. The topological polar surface area (TPSA) is 65.5 Å². The van der Waals surface area contributed by atoms with E-state index >= 15 is 0 Å². The lowest BCUT2D eigenvalue weighted by Crippen LogP contribution is -2.30.